The van der Waals surface area contributed by atoms with E-state index in [0.29, 0.717) is 58.7 Å². The van der Waals surface area contributed by atoms with E-state index in [1.807, 2.05) is 78.9 Å². The molecule has 0 saturated carbocycles. The van der Waals surface area contributed by atoms with Crippen LogP contribution in [-0.2, 0) is 4.74 Å². The Kier molecular flexibility index (Phi) is 15.3. The summed E-state index contributed by atoms with van der Waals surface area (Å²) in [6, 6.07) is 30.8. The van der Waals surface area contributed by atoms with Crippen LogP contribution in [-0.4, -0.2) is 90.6 Å². The number of phenols is 1. The van der Waals surface area contributed by atoms with Gasteiger partial charge in [0.05, 0.1) is 44.5 Å². The lowest BCUT2D eigenvalue weighted by atomic mass is 9.83. The van der Waals surface area contributed by atoms with Crippen LogP contribution in [0.1, 0.15) is 97.0 Å². The number of nitrogens with one attached hydrogen (secondary N) is 3. The van der Waals surface area contributed by atoms with Gasteiger partial charge in [0, 0.05) is 42.3 Å². The lowest BCUT2D eigenvalue weighted by Gasteiger charge is -2.51. The van der Waals surface area contributed by atoms with Crippen molar-refractivity contribution in [2.45, 2.75) is 76.0 Å². The van der Waals surface area contributed by atoms with Crippen molar-refractivity contribution in [1.29, 1.82) is 0 Å². The van der Waals surface area contributed by atoms with Gasteiger partial charge in [0.1, 0.15) is 18.8 Å². The number of alkyl carbamates (subject to hydrolysis) is 1. The number of hydrogen-bond donors (Lipinski definition) is 5. The number of unbranched alkanes of at least 4 members (excludes halogenated alkanes) is 6. The summed E-state index contributed by atoms with van der Waals surface area (Å²) in [5.41, 5.74) is 3.19. The summed E-state index contributed by atoms with van der Waals surface area (Å²) >= 11 is 0. The summed E-state index contributed by atoms with van der Waals surface area (Å²) in [6.45, 7) is 4.62. The van der Waals surface area contributed by atoms with Gasteiger partial charge in [-0.1, -0.05) is 105 Å². The summed E-state index contributed by atoms with van der Waals surface area (Å²) in [5, 5.41) is 28.0. The Bertz CT molecular complexity index is 2290. The second kappa shape index (κ2) is 21.4. The van der Waals surface area contributed by atoms with Gasteiger partial charge in [-0.3, -0.25) is 9.59 Å². The maximum Gasteiger partial charge on any atom is 0.408 e. The fraction of sp³-hybridized carbons (Fsp3) is 0.420. The molecule has 0 spiro atoms. The number of hydrogen-bond acceptors (Lipinski definition) is 9. The number of quaternary nitrogens is 1. The number of nitrogens with zero attached hydrogens (tertiary/aromatic N) is 1. The predicted molar refractivity (Wildman–Crippen MR) is 240 cm³/mol. The van der Waals surface area contributed by atoms with E-state index in [0.717, 1.165) is 94.1 Å². The van der Waals surface area contributed by atoms with Gasteiger partial charge in [-0.15, -0.1) is 0 Å². The normalized spacial score (nSPS) is 19.1. The number of phenolic OH excluding ortho intramolecular Hbond substituents is 1. The highest BCUT2D eigenvalue weighted by atomic mass is 16.6. The van der Waals surface area contributed by atoms with E-state index in [1.165, 1.54) is 12.1 Å². The number of pyridine rings is 1. The third-order valence-corrected chi connectivity index (χ3v) is 12.6. The summed E-state index contributed by atoms with van der Waals surface area (Å²) < 4.78 is 18.8. The van der Waals surface area contributed by atoms with E-state index in [1.54, 1.807) is 19.2 Å². The Morgan fingerprint density at radius 1 is 0.823 bits per heavy atom. The highest BCUT2D eigenvalue weighted by molar-refractivity contribution is 5.97. The average molecular weight is 846 g/mol. The summed E-state index contributed by atoms with van der Waals surface area (Å²) in [7, 11) is 1.63. The zero-order valence-corrected chi connectivity index (χ0v) is 35.7. The Balaban J connectivity index is 0.841. The second-order valence-electron chi connectivity index (χ2n) is 16.9. The Morgan fingerprint density at radius 2 is 1.53 bits per heavy atom. The lowest BCUT2D eigenvalue weighted by molar-refractivity contribution is -0.938. The number of aromatic hydroxyl groups is 1. The molecule has 12 nitrogen and oxygen atoms in total. The third-order valence-electron chi connectivity index (χ3n) is 12.6. The molecule has 328 valence electrons. The molecule has 3 aliphatic heterocycles. The second-order valence-corrected chi connectivity index (χ2v) is 16.9. The summed E-state index contributed by atoms with van der Waals surface area (Å²) in [4.78, 5) is 41.3. The van der Waals surface area contributed by atoms with Gasteiger partial charge in [0.15, 0.2) is 17.6 Å². The van der Waals surface area contributed by atoms with Crippen LogP contribution in [0.5, 0.6) is 17.2 Å². The van der Waals surface area contributed by atoms with E-state index in [9.17, 15) is 24.6 Å². The third kappa shape index (κ3) is 11.4. The number of H-pyrrole nitrogens is 1. The molecule has 1 unspecified atom stereocenters. The van der Waals surface area contributed by atoms with E-state index in [2.05, 4.69) is 15.6 Å². The number of methoxy groups -OCH3 is 1. The number of aromatic amines is 1. The SMILES string of the molecule is COc1ccc(C(NC(=O)O[C@H]2C[N+]3(CC(=O)c4ccccc4)CCC2CC3)c2ccccc2)cc1OCCCCCCCCCNC[C@H](O)c1ccc(O)c2[nH]c(=O)ccc12. The number of rotatable bonds is 22. The first-order chi connectivity index (χ1) is 30.2. The fourth-order valence-corrected chi connectivity index (χ4v) is 9.19. The van der Waals surface area contributed by atoms with E-state index >= 15 is 0 Å². The highest BCUT2D eigenvalue weighted by Crippen LogP contribution is 2.37. The molecule has 3 atom stereocenters. The molecule has 4 aromatic carbocycles. The maximum atomic E-state index is 13.7. The number of carbonyl (C=O) groups is 2. The molecular weight excluding hydrogens is 785 g/mol. The van der Waals surface area contributed by atoms with Crippen molar-refractivity contribution in [3.05, 3.63) is 136 Å². The molecule has 5 N–H and O–H groups in total. The average Bonchev–Trinajstić information content (AvgIpc) is 3.29. The molecule has 3 fully saturated rings. The lowest BCUT2D eigenvalue weighted by Crippen LogP contribution is -2.66. The number of benzene rings is 4. The smallest absolute Gasteiger partial charge is 0.408 e. The molecule has 5 aromatic rings. The van der Waals surface area contributed by atoms with Crippen LogP contribution in [0.15, 0.2) is 108 Å². The van der Waals surface area contributed by atoms with Crippen LogP contribution in [0.4, 0.5) is 4.79 Å². The van der Waals surface area contributed by atoms with Gasteiger partial charge >= 0.3 is 6.09 Å². The van der Waals surface area contributed by atoms with E-state index in [4.69, 9.17) is 14.2 Å². The molecule has 1 amide bonds. The van der Waals surface area contributed by atoms with Crippen molar-refractivity contribution in [2.24, 2.45) is 5.92 Å². The number of carbonyl (C=O) groups excluding carboxylic acids is 2. The summed E-state index contributed by atoms with van der Waals surface area (Å²) in [6.07, 6.45) is 7.77. The molecular formula is C50H61N4O8+. The van der Waals surface area contributed by atoms with Crippen molar-refractivity contribution >= 4 is 22.8 Å². The topological polar surface area (TPSA) is 159 Å². The van der Waals surface area contributed by atoms with Crippen molar-refractivity contribution in [3.8, 4) is 17.2 Å². The Morgan fingerprint density at radius 3 is 2.27 bits per heavy atom. The van der Waals surface area contributed by atoms with Crippen LogP contribution < -0.4 is 25.7 Å². The van der Waals surface area contributed by atoms with Crippen molar-refractivity contribution in [3.63, 3.8) is 0 Å². The number of aliphatic hydroxyl groups is 1. The number of fused-ring (bicyclic) bond motifs is 4. The first-order valence-corrected chi connectivity index (χ1v) is 22.2. The van der Waals surface area contributed by atoms with E-state index < -0.39 is 18.2 Å². The van der Waals surface area contributed by atoms with Gasteiger partial charge in [0.2, 0.25) is 11.3 Å². The summed E-state index contributed by atoms with van der Waals surface area (Å²) in [5.74, 6) is 1.65. The first-order valence-electron chi connectivity index (χ1n) is 22.2. The zero-order chi connectivity index (χ0) is 43.3. The predicted octanol–water partition coefficient (Wildman–Crippen LogP) is 7.98. The highest BCUT2D eigenvalue weighted by Gasteiger charge is 2.48. The van der Waals surface area contributed by atoms with Crippen LogP contribution in [0.25, 0.3) is 10.9 Å². The minimum absolute atomic E-state index is 0.0200. The molecule has 8 rings (SSSR count). The Labute approximate surface area is 363 Å². The van der Waals surface area contributed by atoms with Crippen molar-refractivity contribution < 1.29 is 38.5 Å². The molecule has 2 bridgehead atoms. The number of amides is 1. The number of Topliss-reactive ketones (excluding diaryl/α,β-unsaturated/α-hetero) is 1. The molecule has 1 aromatic heterocycles. The number of ketones is 1. The van der Waals surface area contributed by atoms with E-state index in [-0.39, 0.29) is 29.1 Å². The van der Waals surface area contributed by atoms with Gasteiger partial charge < -0.3 is 44.5 Å². The monoisotopic (exact) mass is 845 g/mol. The maximum absolute atomic E-state index is 13.7. The van der Waals surface area contributed by atoms with Gasteiger partial charge in [-0.05, 0) is 60.3 Å². The standard InChI is InChI=1S/C50H60N4O8/c1-60-44-23-19-38(31-45(44)61-30-14-6-4-2-3-5-13-27-51-32-42(56)39-20-22-41(55)49-40(39)21-24-47(58)52-49)48(37-17-11-8-12-18-37)53-50(59)62-46-34-54(28-25-36(46)26-29-54)33-43(57)35-15-9-7-10-16-35/h7-12,15-24,31,36,42,46,48,51,56H,2-6,13-14,25-30,32-34H2,1H3,(H2-,52,53,55,58,59)/p+1/t36?,42-,46-,48?,54?/m0/s1. The van der Waals surface area contributed by atoms with Gasteiger partial charge in [-0.25, -0.2) is 4.79 Å². The first kappa shape index (κ1) is 44.4. The largest absolute Gasteiger partial charge is 0.506 e. The molecule has 3 saturated heterocycles. The minimum Gasteiger partial charge on any atom is -0.506 e. The quantitative estimate of drug-likeness (QED) is 0.0265. The molecule has 0 aliphatic carbocycles. The molecule has 3 aliphatic rings. The Hall–Kier alpha value is -5.69. The molecule has 4 heterocycles. The van der Waals surface area contributed by atoms with Crippen molar-refractivity contribution in [2.75, 3.05) is 53.0 Å². The minimum atomic E-state index is -0.764. The number of aromatic nitrogens is 1. The van der Waals surface area contributed by atoms with Crippen molar-refractivity contribution in [1.82, 2.24) is 15.6 Å². The van der Waals surface area contributed by atoms with Gasteiger partial charge in [0.25, 0.3) is 0 Å². The van der Waals surface area contributed by atoms with Crippen LogP contribution >= 0.6 is 0 Å². The van der Waals surface area contributed by atoms with Crippen LogP contribution in [0, 0.1) is 5.92 Å². The van der Waals surface area contributed by atoms with Gasteiger partial charge in [-0.2, -0.15) is 0 Å². The number of aliphatic hydroxyl groups excluding tert-OH is 1. The molecule has 62 heavy (non-hydrogen) atoms. The molecule has 12 heteroatoms. The number of ether oxygens (including phenoxy) is 3. The zero-order valence-electron chi connectivity index (χ0n) is 35.7. The van der Waals surface area contributed by atoms with Crippen LogP contribution in [0.2, 0.25) is 0 Å². The molecule has 0 radical (unpaired) electrons. The fourth-order valence-electron chi connectivity index (χ4n) is 9.19. The number of piperidine rings is 3. The van der Waals surface area contributed by atoms with Crippen LogP contribution in [0.3, 0.4) is 0 Å².